The van der Waals surface area contributed by atoms with Crippen LogP contribution in [0.1, 0.15) is 30.9 Å². The minimum absolute atomic E-state index is 0. The first-order chi connectivity index (χ1) is 7.20. The van der Waals surface area contributed by atoms with Gasteiger partial charge in [0, 0.05) is 18.7 Å². The average Bonchev–Trinajstić information content (AvgIpc) is 2.43. The Bertz CT molecular complexity index is 368. The normalized spacial score (nSPS) is 14.8. The first-order valence-corrected chi connectivity index (χ1v) is 5.35. The third-order valence-electron chi connectivity index (χ3n) is 2.68. The second-order valence-electron chi connectivity index (χ2n) is 4.12. The highest BCUT2D eigenvalue weighted by atomic mass is 35.5. The fourth-order valence-corrected chi connectivity index (χ4v) is 1.85. The molecule has 1 aromatic rings. The van der Waals surface area contributed by atoms with Crippen molar-refractivity contribution in [1.29, 1.82) is 0 Å². The number of halogens is 2. The Hall–Kier alpha value is -0.800. The van der Waals surface area contributed by atoms with E-state index in [0.29, 0.717) is 24.6 Å². The van der Waals surface area contributed by atoms with Gasteiger partial charge in [0.15, 0.2) is 0 Å². The van der Waals surface area contributed by atoms with Gasteiger partial charge in [-0.3, -0.25) is 0 Å². The highest BCUT2D eigenvalue weighted by Crippen LogP contribution is 2.32. The van der Waals surface area contributed by atoms with Crippen molar-refractivity contribution in [3.63, 3.8) is 0 Å². The first kappa shape index (κ1) is 13.3. The predicted molar refractivity (Wildman–Crippen MR) is 64.9 cm³/mol. The molecule has 0 aromatic heterocycles. The van der Waals surface area contributed by atoms with Crippen molar-refractivity contribution in [3.05, 3.63) is 29.1 Å². The molecule has 0 spiro atoms. The van der Waals surface area contributed by atoms with Crippen LogP contribution in [0.3, 0.4) is 0 Å². The van der Waals surface area contributed by atoms with E-state index in [1.807, 2.05) is 6.07 Å². The minimum Gasteiger partial charge on any atom is -0.492 e. The van der Waals surface area contributed by atoms with Crippen LogP contribution in [0, 0.1) is 5.82 Å². The quantitative estimate of drug-likeness (QED) is 0.822. The van der Waals surface area contributed by atoms with Gasteiger partial charge in [-0.1, -0.05) is 19.9 Å². The van der Waals surface area contributed by atoms with Crippen LogP contribution in [0.5, 0.6) is 5.75 Å². The van der Waals surface area contributed by atoms with Crippen LogP contribution in [0.4, 0.5) is 4.39 Å². The lowest BCUT2D eigenvalue weighted by Gasteiger charge is -2.15. The summed E-state index contributed by atoms with van der Waals surface area (Å²) in [5.74, 6) is 0.927. The number of nitrogens with one attached hydrogen (secondary N) is 1. The van der Waals surface area contributed by atoms with E-state index in [9.17, 15) is 4.39 Å². The van der Waals surface area contributed by atoms with Crippen molar-refractivity contribution in [2.75, 3.05) is 13.2 Å². The third-order valence-corrected chi connectivity index (χ3v) is 2.68. The zero-order chi connectivity index (χ0) is 10.8. The molecule has 1 N–H and O–H groups in total. The van der Waals surface area contributed by atoms with E-state index < -0.39 is 0 Å². The van der Waals surface area contributed by atoms with Crippen molar-refractivity contribution in [2.45, 2.75) is 26.3 Å². The van der Waals surface area contributed by atoms with Crippen LogP contribution >= 0.6 is 12.4 Å². The molecule has 1 aliphatic heterocycles. The molecule has 2 rings (SSSR count). The van der Waals surface area contributed by atoms with Crippen molar-refractivity contribution in [2.24, 2.45) is 0 Å². The van der Waals surface area contributed by atoms with Gasteiger partial charge in [-0.25, -0.2) is 4.39 Å². The lowest BCUT2D eigenvalue weighted by Crippen LogP contribution is -2.16. The van der Waals surface area contributed by atoms with Crippen molar-refractivity contribution >= 4 is 12.4 Å². The van der Waals surface area contributed by atoms with Crippen molar-refractivity contribution in [1.82, 2.24) is 5.32 Å². The van der Waals surface area contributed by atoms with Gasteiger partial charge in [0.1, 0.15) is 18.2 Å². The molecule has 1 aliphatic rings. The molecular weight excluding hydrogens is 229 g/mol. The molecule has 1 aromatic carbocycles. The molecule has 0 amide bonds. The Labute approximate surface area is 102 Å². The molecule has 4 heteroatoms. The Morgan fingerprint density at radius 3 is 2.81 bits per heavy atom. The molecule has 0 radical (unpaired) electrons. The van der Waals surface area contributed by atoms with E-state index in [2.05, 4.69) is 19.2 Å². The topological polar surface area (TPSA) is 21.3 Å². The van der Waals surface area contributed by atoms with E-state index in [-0.39, 0.29) is 18.2 Å². The summed E-state index contributed by atoms with van der Waals surface area (Å²) >= 11 is 0. The summed E-state index contributed by atoms with van der Waals surface area (Å²) in [6.45, 7) is 6.12. The van der Waals surface area contributed by atoms with Crippen molar-refractivity contribution in [3.8, 4) is 5.75 Å². The maximum atomic E-state index is 13.6. The maximum absolute atomic E-state index is 13.6. The van der Waals surface area contributed by atoms with E-state index in [1.165, 1.54) is 6.07 Å². The molecule has 0 fully saturated rings. The average molecular weight is 246 g/mol. The van der Waals surface area contributed by atoms with Gasteiger partial charge >= 0.3 is 0 Å². The Kier molecular flexibility index (Phi) is 4.56. The molecule has 2 nitrogen and oxygen atoms in total. The van der Waals surface area contributed by atoms with Gasteiger partial charge in [-0.15, -0.1) is 12.4 Å². The lowest BCUT2D eigenvalue weighted by molar-refractivity contribution is 0.320. The zero-order valence-electron chi connectivity index (χ0n) is 9.55. The smallest absolute Gasteiger partial charge is 0.131 e. The fourth-order valence-electron chi connectivity index (χ4n) is 1.85. The molecule has 90 valence electrons. The van der Waals surface area contributed by atoms with Crippen LogP contribution in [0.25, 0.3) is 0 Å². The standard InChI is InChI=1S/C12H16FNO.ClH/c1-8(2)9-3-4-11(13)10-7-14-5-6-15-12(9)10;/h3-4,8,14H,5-7H2,1-2H3;1H. The maximum Gasteiger partial charge on any atom is 0.131 e. The summed E-state index contributed by atoms with van der Waals surface area (Å²) in [5, 5.41) is 3.15. The van der Waals surface area contributed by atoms with E-state index in [0.717, 1.165) is 17.9 Å². The highest BCUT2D eigenvalue weighted by Gasteiger charge is 2.18. The molecule has 0 atom stereocenters. The highest BCUT2D eigenvalue weighted by molar-refractivity contribution is 5.85. The zero-order valence-corrected chi connectivity index (χ0v) is 10.4. The summed E-state index contributed by atoms with van der Waals surface area (Å²) in [6, 6.07) is 3.36. The van der Waals surface area contributed by atoms with Gasteiger partial charge in [0.2, 0.25) is 0 Å². The van der Waals surface area contributed by atoms with Gasteiger partial charge < -0.3 is 10.1 Å². The molecule has 0 saturated heterocycles. The van der Waals surface area contributed by atoms with Gasteiger partial charge in [-0.2, -0.15) is 0 Å². The van der Waals surface area contributed by atoms with E-state index >= 15 is 0 Å². The number of rotatable bonds is 1. The Balaban J connectivity index is 0.00000128. The van der Waals surface area contributed by atoms with Crippen LogP contribution in [0.15, 0.2) is 12.1 Å². The largest absolute Gasteiger partial charge is 0.492 e. The fraction of sp³-hybridized carbons (Fsp3) is 0.500. The Morgan fingerprint density at radius 1 is 1.38 bits per heavy atom. The second-order valence-corrected chi connectivity index (χ2v) is 4.12. The number of hydrogen-bond acceptors (Lipinski definition) is 2. The molecule has 16 heavy (non-hydrogen) atoms. The Morgan fingerprint density at radius 2 is 2.12 bits per heavy atom. The van der Waals surface area contributed by atoms with Gasteiger partial charge in [0.25, 0.3) is 0 Å². The van der Waals surface area contributed by atoms with E-state index in [4.69, 9.17) is 4.74 Å². The van der Waals surface area contributed by atoms with Gasteiger partial charge in [-0.05, 0) is 17.5 Å². The van der Waals surface area contributed by atoms with Crippen LogP contribution in [-0.4, -0.2) is 13.2 Å². The monoisotopic (exact) mass is 245 g/mol. The molecule has 0 bridgehead atoms. The predicted octanol–water partition coefficient (Wildman–Crippen LogP) is 2.85. The lowest BCUT2D eigenvalue weighted by atomic mass is 9.98. The summed E-state index contributed by atoms with van der Waals surface area (Å²) in [5.41, 5.74) is 1.76. The number of hydrogen-bond donors (Lipinski definition) is 1. The first-order valence-electron chi connectivity index (χ1n) is 5.35. The summed E-state index contributed by atoms with van der Waals surface area (Å²) < 4.78 is 19.2. The molecule has 0 aliphatic carbocycles. The van der Waals surface area contributed by atoms with Gasteiger partial charge in [0.05, 0.1) is 0 Å². The molecule has 0 unspecified atom stereocenters. The van der Waals surface area contributed by atoms with Crippen LogP contribution in [-0.2, 0) is 6.54 Å². The number of ether oxygens (including phenoxy) is 1. The number of benzene rings is 1. The van der Waals surface area contributed by atoms with Crippen LogP contribution in [0.2, 0.25) is 0 Å². The third kappa shape index (κ3) is 2.47. The SMILES string of the molecule is CC(C)c1ccc(F)c2c1OCCNC2.Cl. The molecular formula is C12H17ClFNO. The minimum atomic E-state index is -0.177. The van der Waals surface area contributed by atoms with Crippen LogP contribution < -0.4 is 10.1 Å². The molecule has 1 heterocycles. The van der Waals surface area contributed by atoms with Crippen molar-refractivity contribution < 1.29 is 9.13 Å². The summed E-state index contributed by atoms with van der Waals surface area (Å²) in [6.07, 6.45) is 0. The summed E-state index contributed by atoms with van der Waals surface area (Å²) in [7, 11) is 0. The van der Waals surface area contributed by atoms with E-state index in [1.54, 1.807) is 0 Å². The number of fused-ring (bicyclic) bond motifs is 1. The second kappa shape index (κ2) is 5.51. The molecule has 0 saturated carbocycles. The summed E-state index contributed by atoms with van der Waals surface area (Å²) in [4.78, 5) is 0.